The zero-order chi connectivity index (χ0) is 14.2. The fourth-order valence-corrected chi connectivity index (χ4v) is 3.94. The highest BCUT2D eigenvalue weighted by Gasteiger charge is 2.39. The molecular formula is C12H17F3N4S. The number of nitrogens with zero attached hydrogens (tertiary/aromatic N) is 3. The maximum Gasteiger partial charge on any atom is 0.445 e. The Bertz CT molecular complexity index is 462. The van der Waals surface area contributed by atoms with Crippen LogP contribution in [0.5, 0.6) is 0 Å². The van der Waals surface area contributed by atoms with Crippen LogP contribution >= 0.6 is 11.3 Å². The highest BCUT2D eigenvalue weighted by Crippen LogP contribution is 2.40. The van der Waals surface area contributed by atoms with Crippen molar-refractivity contribution < 1.29 is 13.2 Å². The van der Waals surface area contributed by atoms with Crippen molar-refractivity contribution in [3.63, 3.8) is 0 Å². The van der Waals surface area contributed by atoms with Gasteiger partial charge in [0.2, 0.25) is 10.1 Å². The molecule has 2 fully saturated rings. The molecule has 1 atom stereocenters. The minimum atomic E-state index is -4.39. The average Bonchev–Trinajstić information content (AvgIpc) is 2.89. The van der Waals surface area contributed by atoms with Crippen molar-refractivity contribution in [2.75, 3.05) is 31.1 Å². The van der Waals surface area contributed by atoms with Crippen molar-refractivity contribution in [1.82, 2.24) is 15.5 Å². The molecule has 112 valence electrons. The highest BCUT2D eigenvalue weighted by molar-refractivity contribution is 7.15. The van der Waals surface area contributed by atoms with Gasteiger partial charge in [0.05, 0.1) is 0 Å². The van der Waals surface area contributed by atoms with E-state index in [1.165, 1.54) is 0 Å². The van der Waals surface area contributed by atoms with Gasteiger partial charge < -0.3 is 10.2 Å². The lowest BCUT2D eigenvalue weighted by molar-refractivity contribution is -0.138. The van der Waals surface area contributed by atoms with Crippen LogP contribution in [0, 0.1) is 5.41 Å². The van der Waals surface area contributed by atoms with Crippen molar-refractivity contribution in [1.29, 1.82) is 0 Å². The number of nitrogens with one attached hydrogen (secondary N) is 1. The Morgan fingerprint density at radius 3 is 2.65 bits per heavy atom. The molecule has 2 aliphatic rings. The van der Waals surface area contributed by atoms with Gasteiger partial charge in [-0.15, -0.1) is 10.2 Å². The summed E-state index contributed by atoms with van der Waals surface area (Å²) in [7, 11) is 0. The molecule has 0 aromatic carbocycles. The predicted molar refractivity (Wildman–Crippen MR) is 70.9 cm³/mol. The SMILES string of the molecule is FC(F)(F)c1nnc(N2CCCC3(CCCNC3)C2)s1. The average molecular weight is 306 g/mol. The van der Waals surface area contributed by atoms with Crippen LogP contribution in [0.15, 0.2) is 0 Å². The van der Waals surface area contributed by atoms with E-state index in [4.69, 9.17) is 0 Å². The smallest absolute Gasteiger partial charge is 0.346 e. The first kappa shape index (κ1) is 14.1. The molecule has 0 aliphatic carbocycles. The highest BCUT2D eigenvalue weighted by atomic mass is 32.1. The Kier molecular flexibility index (Phi) is 3.62. The number of halogens is 3. The Balaban J connectivity index is 1.75. The van der Waals surface area contributed by atoms with E-state index in [0.717, 1.165) is 51.9 Å². The second-order valence-electron chi connectivity index (χ2n) is 5.69. The third kappa shape index (κ3) is 2.76. The number of alkyl halides is 3. The van der Waals surface area contributed by atoms with E-state index in [9.17, 15) is 13.2 Å². The van der Waals surface area contributed by atoms with Gasteiger partial charge in [0.1, 0.15) is 0 Å². The van der Waals surface area contributed by atoms with Crippen LogP contribution in [-0.4, -0.2) is 36.4 Å². The summed E-state index contributed by atoms with van der Waals surface area (Å²) in [5, 5.41) is 9.98. The molecule has 0 bridgehead atoms. The fraction of sp³-hybridized carbons (Fsp3) is 0.833. The van der Waals surface area contributed by atoms with Crippen LogP contribution in [-0.2, 0) is 6.18 Å². The summed E-state index contributed by atoms with van der Waals surface area (Å²) in [6, 6.07) is 0. The number of aromatic nitrogens is 2. The minimum Gasteiger partial charge on any atom is -0.346 e. The van der Waals surface area contributed by atoms with Crippen molar-refractivity contribution >= 4 is 16.5 Å². The molecule has 20 heavy (non-hydrogen) atoms. The van der Waals surface area contributed by atoms with Crippen LogP contribution in [0.4, 0.5) is 18.3 Å². The maximum absolute atomic E-state index is 12.6. The van der Waals surface area contributed by atoms with Gasteiger partial charge >= 0.3 is 6.18 Å². The summed E-state index contributed by atoms with van der Waals surface area (Å²) in [5.74, 6) is 0. The van der Waals surface area contributed by atoms with E-state index < -0.39 is 11.2 Å². The zero-order valence-corrected chi connectivity index (χ0v) is 11.9. The van der Waals surface area contributed by atoms with Gasteiger partial charge in [0, 0.05) is 25.0 Å². The van der Waals surface area contributed by atoms with Crippen LogP contribution < -0.4 is 10.2 Å². The van der Waals surface area contributed by atoms with Gasteiger partial charge in [0.15, 0.2) is 0 Å². The molecular weight excluding hydrogens is 289 g/mol. The summed E-state index contributed by atoms with van der Waals surface area (Å²) in [6.07, 6.45) is 0.0268. The molecule has 8 heteroatoms. The number of anilines is 1. The van der Waals surface area contributed by atoms with Crippen LogP contribution in [0.3, 0.4) is 0 Å². The first-order chi connectivity index (χ1) is 9.49. The van der Waals surface area contributed by atoms with Crippen LogP contribution in [0.25, 0.3) is 0 Å². The van der Waals surface area contributed by atoms with Crippen LogP contribution in [0.1, 0.15) is 30.7 Å². The molecule has 0 saturated carbocycles. The Morgan fingerprint density at radius 2 is 2.00 bits per heavy atom. The van der Waals surface area contributed by atoms with Gasteiger partial charge in [-0.25, -0.2) is 0 Å². The molecule has 0 radical (unpaired) electrons. The van der Waals surface area contributed by atoms with E-state index >= 15 is 0 Å². The molecule has 1 aromatic heterocycles. The van der Waals surface area contributed by atoms with Crippen molar-refractivity contribution in [2.45, 2.75) is 31.9 Å². The number of piperidine rings is 2. The van der Waals surface area contributed by atoms with Gasteiger partial charge in [-0.1, -0.05) is 11.3 Å². The van der Waals surface area contributed by atoms with Crippen molar-refractivity contribution in [3.8, 4) is 0 Å². The van der Waals surface area contributed by atoms with Gasteiger partial charge in [0.25, 0.3) is 0 Å². The lowest BCUT2D eigenvalue weighted by Crippen LogP contribution is -2.51. The molecule has 2 saturated heterocycles. The van der Waals surface area contributed by atoms with E-state index in [-0.39, 0.29) is 5.41 Å². The van der Waals surface area contributed by atoms with Gasteiger partial charge in [-0.05, 0) is 32.2 Å². The molecule has 1 N–H and O–H groups in total. The first-order valence-corrected chi connectivity index (χ1v) is 7.67. The monoisotopic (exact) mass is 306 g/mol. The van der Waals surface area contributed by atoms with E-state index in [2.05, 4.69) is 15.5 Å². The summed E-state index contributed by atoms with van der Waals surface area (Å²) >= 11 is 0.652. The van der Waals surface area contributed by atoms with E-state index in [1.807, 2.05) is 4.90 Å². The zero-order valence-electron chi connectivity index (χ0n) is 11.0. The summed E-state index contributed by atoms with van der Waals surface area (Å²) in [5.41, 5.74) is 0.195. The molecule has 0 amide bonds. The van der Waals surface area contributed by atoms with Crippen LogP contribution in [0.2, 0.25) is 0 Å². The molecule has 2 aliphatic heterocycles. The Labute approximate surface area is 119 Å². The third-order valence-electron chi connectivity index (χ3n) is 4.15. The third-order valence-corrected chi connectivity index (χ3v) is 5.18. The molecule has 1 spiro atoms. The first-order valence-electron chi connectivity index (χ1n) is 6.85. The topological polar surface area (TPSA) is 41.1 Å². The summed E-state index contributed by atoms with van der Waals surface area (Å²) in [4.78, 5) is 1.98. The van der Waals surface area contributed by atoms with E-state index in [0.29, 0.717) is 16.5 Å². The maximum atomic E-state index is 12.6. The summed E-state index contributed by atoms with van der Waals surface area (Å²) in [6.45, 7) is 3.55. The lowest BCUT2D eigenvalue weighted by atomic mass is 9.74. The lowest BCUT2D eigenvalue weighted by Gasteiger charge is -2.45. The number of hydrogen-bond acceptors (Lipinski definition) is 5. The Hall–Kier alpha value is -0.890. The van der Waals surface area contributed by atoms with Crippen molar-refractivity contribution in [3.05, 3.63) is 5.01 Å². The molecule has 4 nitrogen and oxygen atoms in total. The minimum absolute atomic E-state index is 0.195. The normalized spacial score (nSPS) is 28.1. The second kappa shape index (κ2) is 5.14. The van der Waals surface area contributed by atoms with Crippen molar-refractivity contribution in [2.24, 2.45) is 5.41 Å². The largest absolute Gasteiger partial charge is 0.445 e. The number of rotatable bonds is 1. The molecule has 3 heterocycles. The predicted octanol–water partition coefficient (Wildman–Crippen LogP) is 2.53. The quantitative estimate of drug-likeness (QED) is 0.865. The van der Waals surface area contributed by atoms with Gasteiger partial charge in [-0.2, -0.15) is 13.2 Å². The molecule has 1 aromatic rings. The summed E-state index contributed by atoms with van der Waals surface area (Å²) < 4.78 is 37.8. The van der Waals surface area contributed by atoms with E-state index in [1.54, 1.807) is 0 Å². The standard InChI is InChI=1S/C12H17F3N4S/c13-12(14,15)9-17-18-10(20-9)19-6-2-4-11(8-19)3-1-5-16-7-11/h16H,1-8H2. The molecule has 1 unspecified atom stereocenters. The van der Waals surface area contributed by atoms with Gasteiger partial charge in [-0.3, -0.25) is 0 Å². The molecule has 3 rings (SSSR count). The number of hydrogen-bond donors (Lipinski definition) is 1. The second-order valence-corrected chi connectivity index (χ2v) is 6.65. The Morgan fingerprint density at radius 1 is 1.20 bits per heavy atom. The fourth-order valence-electron chi connectivity index (χ4n) is 3.21.